The molecule has 1 fully saturated rings. The second kappa shape index (κ2) is 7.81. The highest BCUT2D eigenvalue weighted by Gasteiger charge is 2.29. The maximum absolute atomic E-state index is 9.44. The van der Waals surface area contributed by atoms with Gasteiger partial charge in [0.2, 0.25) is 0 Å². The monoisotopic (exact) mass is 347 g/mol. The van der Waals surface area contributed by atoms with E-state index in [0.29, 0.717) is 17.5 Å². The molecule has 0 saturated heterocycles. The molecule has 0 aliphatic heterocycles. The van der Waals surface area contributed by atoms with Crippen molar-refractivity contribution in [1.29, 1.82) is 0 Å². The van der Waals surface area contributed by atoms with Crippen LogP contribution in [-0.4, -0.2) is 41.4 Å². The lowest BCUT2D eigenvalue weighted by molar-refractivity contribution is 0.0732. The molecule has 0 atom stereocenters. The quantitative estimate of drug-likeness (QED) is 0.779. The predicted molar refractivity (Wildman–Crippen MR) is 94.8 cm³/mol. The van der Waals surface area contributed by atoms with Gasteiger partial charge in [-0.25, -0.2) is 9.97 Å². The minimum absolute atomic E-state index is 0.171. The Labute approximate surface area is 147 Å². The van der Waals surface area contributed by atoms with E-state index in [1.807, 2.05) is 37.4 Å². The van der Waals surface area contributed by atoms with E-state index in [1.54, 1.807) is 6.33 Å². The first-order chi connectivity index (χ1) is 11.6. The molecule has 0 spiro atoms. The molecule has 0 amide bonds. The SMILES string of the molecule is CN(CCCOc1cccc(Cl)c1)c1cc(C2CC(O)C2)ncn1. The molecule has 2 aromatic rings. The van der Waals surface area contributed by atoms with Crippen LogP contribution in [0.1, 0.15) is 30.9 Å². The molecular formula is C18H22ClN3O2. The normalized spacial score (nSPS) is 19.6. The van der Waals surface area contributed by atoms with E-state index in [9.17, 15) is 5.11 Å². The predicted octanol–water partition coefficient (Wildman–Crippen LogP) is 3.27. The number of anilines is 1. The number of nitrogens with zero attached hydrogens (tertiary/aromatic N) is 3. The maximum atomic E-state index is 9.44. The molecule has 24 heavy (non-hydrogen) atoms. The van der Waals surface area contributed by atoms with Crippen molar-refractivity contribution in [3.05, 3.63) is 47.4 Å². The van der Waals surface area contributed by atoms with E-state index in [2.05, 4.69) is 14.9 Å². The van der Waals surface area contributed by atoms with Crippen molar-refractivity contribution in [2.24, 2.45) is 0 Å². The summed E-state index contributed by atoms with van der Waals surface area (Å²) in [5.41, 5.74) is 1.02. The van der Waals surface area contributed by atoms with Gasteiger partial charge in [-0.15, -0.1) is 0 Å². The van der Waals surface area contributed by atoms with Crippen LogP contribution in [0.4, 0.5) is 5.82 Å². The fourth-order valence-corrected chi connectivity index (χ4v) is 2.97. The van der Waals surface area contributed by atoms with Gasteiger partial charge in [0.05, 0.1) is 12.7 Å². The van der Waals surface area contributed by atoms with Crippen molar-refractivity contribution >= 4 is 17.4 Å². The Kier molecular flexibility index (Phi) is 5.53. The van der Waals surface area contributed by atoms with Crippen LogP contribution in [0.3, 0.4) is 0 Å². The fraction of sp³-hybridized carbons (Fsp3) is 0.444. The fourth-order valence-electron chi connectivity index (χ4n) is 2.79. The molecule has 1 aromatic heterocycles. The second-order valence-corrected chi connectivity index (χ2v) is 6.64. The van der Waals surface area contributed by atoms with Crippen molar-refractivity contribution in [3.8, 4) is 5.75 Å². The van der Waals surface area contributed by atoms with Gasteiger partial charge in [0.15, 0.2) is 0 Å². The van der Waals surface area contributed by atoms with E-state index in [1.165, 1.54) is 0 Å². The molecule has 3 rings (SSSR count). The Bertz CT molecular complexity index is 677. The molecule has 0 radical (unpaired) electrons. The van der Waals surface area contributed by atoms with E-state index in [-0.39, 0.29) is 6.10 Å². The molecule has 128 valence electrons. The third-order valence-electron chi connectivity index (χ3n) is 4.30. The van der Waals surface area contributed by atoms with Crippen LogP contribution >= 0.6 is 11.6 Å². The molecule has 6 heteroatoms. The molecule has 5 nitrogen and oxygen atoms in total. The molecule has 1 heterocycles. The Morgan fingerprint density at radius 3 is 2.88 bits per heavy atom. The smallest absolute Gasteiger partial charge is 0.131 e. The standard InChI is InChI=1S/C18H22ClN3O2/c1-22(6-3-7-24-16-5-2-4-14(19)10-16)18-11-17(20-12-21-18)13-8-15(23)9-13/h2,4-5,10-13,15,23H,3,6-9H2,1H3. The van der Waals surface area contributed by atoms with Crippen LogP contribution < -0.4 is 9.64 Å². The Balaban J connectivity index is 1.46. The number of hydrogen-bond acceptors (Lipinski definition) is 5. The third-order valence-corrected chi connectivity index (χ3v) is 4.53. The number of halogens is 1. The number of ether oxygens (including phenoxy) is 1. The Morgan fingerprint density at radius 2 is 2.12 bits per heavy atom. The summed E-state index contributed by atoms with van der Waals surface area (Å²) in [6.07, 6.45) is 3.91. The first-order valence-corrected chi connectivity index (χ1v) is 8.59. The summed E-state index contributed by atoms with van der Waals surface area (Å²) >= 11 is 5.94. The van der Waals surface area contributed by atoms with Crippen LogP contribution in [-0.2, 0) is 0 Å². The zero-order valence-corrected chi connectivity index (χ0v) is 14.5. The van der Waals surface area contributed by atoms with Gasteiger partial charge < -0.3 is 14.7 Å². The van der Waals surface area contributed by atoms with Gasteiger partial charge in [0.25, 0.3) is 0 Å². The summed E-state index contributed by atoms with van der Waals surface area (Å²) in [6.45, 7) is 1.46. The van der Waals surface area contributed by atoms with Crippen LogP contribution in [0.5, 0.6) is 5.75 Å². The lowest BCUT2D eigenvalue weighted by Crippen LogP contribution is -2.28. The van der Waals surface area contributed by atoms with Crippen LogP contribution in [0.2, 0.25) is 5.02 Å². The van der Waals surface area contributed by atoms with Gasteiger partial charge in [-0.3, -0.25) is 0 Å². The van der Waals surface area contributed by atoms with Crippen LogP contribution in [0, 0.1) is 0 Å². The van der Waals surface area contributed by atoms with Gasteiger partial charge in [0, 0.05) is 36.3 Å². The van der Waals surface area contributed by atoms with Gasteiger partial charge in [-0.2, -0.15) is 0 Å². The molecule has 0 unspecified atom stereocenters. The zero-order valence-electron chi connectivity index (χ0n) is 13.7. The lowest BCUT2D eigenvalue weighted by Gasteiger charge is -2.31. The number of rotatable bonds is 7. The molecule has 1 aromatic carbocycles. The van der Waals surface area contributed by atoms with Crippen LogP contribution in [0.25, 0.3) is 0 Å². The van der Waals surface area contributed by atoms with Gasteiger partial charge in [-0.1, -0.05) is 17.7 Å². The highest BCUT2D eigenvalue weighted by Crippen LogP contribution is 2.36. The average Bonchev–Trinajstić information content (AvgIpc) is 2.56. The average molecular weight is 348 g/mol. The molecule has 1 N–H and O–H groups in total. The number of benzene rings is 1. The van der Waals surface area contributed by atoms with Crippen molar-refractivity contribution < 1.29 is 9.84 Å². The highest BCUT2D eigenvalue weighted by atomic mass is 35.5. The minimum atomic E-state index is -0.171. The summed E-state index contributed by atoms with van der Waals surface area (Å²) in [4.78, 5) is 10.8. The van der Waals surface area contributed by atoms with Crippen molar-refractivity contribution in [3.63, 3.8) is 0 Å². The molecule has 1 saturated carbocycles. The molecule has 1 aliphatic carbocycles. The molecule has 0 bridgehead atoms. The van der Waals surface area contributed by atoms with Gasteiger partial charge >= 0.3 is 0 Å². The van der Waals surface area contributed by atoms with E-state index in [0.717, 1.165) is 43.1 Å². The Hall–Kier alpha value is -1.85. The topological polar surface area (TPSA) is 58.5 Å². The lowest BCUT2D eigenvalue weighted by atomic mass is 9.80. The zero-order chi connectivity index (χ0) is 16.9. The number of aromatic nitrogens is 2. The van der Waals surface area contributed by atoms with Gasteiger partial charge in [-0.05, 0) is 37.5 Å². The highest BCUT2D eigenvalue weighted by molar-refractivity contribution is 6.30. The van der Waals surface area contributed by atoms with Gasteiger partial charge in [0.1, 0.15) is 17.9 Å². The van der Waals surface area contributed by atoms with Crippen LogP contribution in [0.15, 0.2) is 36.7 Å². The number of hydrogen-bond donors (Lipinski definition) is 1. The Morgan fingerprint density at radius 1 is 1.29 bits per heavy atom. The van der Waals surface area contributed by atoms with E-state index < -0.39 is 0 Å². The third kappa shape index (κ3) is 4.36. The van der Waals surface area contributed by atoms with E-state index in [4.69, 9.17) is 16.3 Å². The summed E-state index contributed by atoms with van der Waals surface area (Å²) in [5, 5.41) is 10.1. The molecular weight excluding hydrogens is 326 g/mol. The van der Waals surface area contributed by atoms with E-state index >= 15 is 0 Å². The number of aliphatic hydroxyl groups is 1. The second-order valence-electron chi connectivity index (χ2n) is 6.20. The summed E-state index contributed by atoms with van der Waals surface area (Å²) in [5.74, 6) is 2.06. The summed E-state index contributed by atoms with van der Waals surface area (Å²) < 4.78 is 5.70. The first-order valence-electron chi connectivity index (χ1n) is 8.21. The summed E-state index contributed by atoms with van der Waals surface area (Å²) in [7, 11) is 2.01. The largest absolute Gasteiger partial charge is 0.493 e. The summed E-state index contributed by atoms with van der Waals surface area (Å²) in [6, 6.07) is 9.45. The van der Waals surface area contributed by atoms with Crippen molar-refractivity contribution in [2.45, 2.75) is 31.3 Å². The van der Waals surface area contributed by atoms with Crippen molar-refractivity contribution in [1.82, 2.24) is 9.97 Å². The maximum Gasteiger partial charge on any atom is 0.131 e. The first kappa shape index (κ1) is 17.0. The van der Waals surface area contributed by atoms with Crippen molar-refractivity contribution in [2.75, 3.05) is 25.1 Å². The number of aliphatic hydroxyl groups excluding tert-OH is 1. The minimum Gasteiger partial charge on any atom is -0.493 e. The molecule has 1 aliphatic rings.